The monoisotopic (exact) mass is 227 g/mol. The zero-order valence-electron chi connectivity index (χ0n) is 9.93. The second-order valence-electron chi connectivity index (χ2n) is 4.39. The predicted octanol–water partition coefficient (Wildman–Crippen LogP) is 2.94. The average Bonchev–Trinajstić information content (AvgIpc) is 2.33. The molecule has 3 N–H and O–H groups in total. The van der Waals surface area contributed by atoms with Crippen molar-refractivity contribution in [3.05, 3.63) is 65.2 Å². The van der Waals surface area contributed by atoms with Crippen molar-refractivity contribution in [2.45, 2.75) is 19.4 Å². The Bertz CT molecular complexity index is 473. The van der Waals surface area contributed by atoms with E-state index in [-0.39, 0.29) is 11.8 Å². The molecule has 17 heavy (non-hydrogen) atoms. The molecule has 0 amide bonds. The van der Waals surface area contributed by atoms with Crippen LogP contribution in [0.5, 0.6) is 5.75 Å². The van der Waals surface area contributed by atoms with E-state index in [1.807, 2.05) is 12.1 Å². The summed E-state index contributed by atoms with van der Waals surface area (Å²) >= 11 is 0. The third kappa shape index (κ3) is 3.08. The Morgan fingerprint density at radius 3 is 2.18 bits per heavy atom. The molecule has 0 saturated carbocycles. The summed E-state index contributed by atoms with van der Waals surface area (Å²) in [7, 11) is 0. The van der Waals surface area contributed by atoms with Crippen molar-refractivity contribution >= 4 is 0 Å². The second kappa shape index (κ2) is 5.02. The molecule has 0 aliphatic rings. The Labute approximate surface area is 102 Å². The largest absolute Gasteiger partial charge is 0.508 e. The van der Waals surface area contributed by atoms with Crippen molar-refractivity contribution in [2.24, 2.45) is 5.73 Å². The van der Waals surface area contributed by atoms with Gasteiger partial charge in [0, 0.05) is 6.04 Å². The van der Waals surface area contributed by atoms with Crippen LogP contribution in [0.2, 0.25) is 0 Å². The van der Waals surface area contributed by atoms with Gasteiger partial charge in [-0.15, -0.1) is 0 Å². The summed E-state index contributed by atoms with van der Waals surface area (Å²) < 4.78 is 0. The van der Waals surface area contributed by atoms with Crippen LogP contribution < -0.4 is 5.73 Å². The van der Waals surface area contributed by atoms with Gasteiger partial charge in [-0.1, -0.05) is 42.0 Å². The summed E-state index contributed by atoms with van der Waals surface area (Å²) in [5.41, 5.74) is 9.67. The van der Waals surface area contributed by atoms with E-state index < -0.39 is 0 Å². The van der Waals surface area contributed by atoms with Crippen LogP contribution in [0.15, 0.2) is 48.5 Å². The highest BCUT2D eigenvalue weighted by Crippen LogP contribution is 2.18. The van der Waals surface area contributed by atoms with E-state index in [0.29, 0.717) is 0 Å². The lowest BCUT2D eigenvalue weighted by molar-refractivity contribution is 0.475. The van der Waals surface area contributed by atoms with Crippen LogP contribution in [0.3, 0.4) is 0 Å². The molecule has 0 unspecified atom stereocenters. The fourth-order valence-corrected chi connectivity index (χ4v) is 1.82. The molecule has 2 nitrogen and oxygen atoms in total. The van der Waals surface area contributed by atoms with E-state index in [1.165, 1.54) is 5.56 Å². The van der Waals surface area contributed by atoms with Crippen molar-refractivity contribution in [1.82, 2.24) is 0 Å². The molecule has 0 spiro atoms. The van der Waals surface area contributed by atoms with E-state index >= 15 is 0 Å². The van der Waals surface area contributed by atoms with Crippen molar-refractivity contribution in [3.63, 3.8) is 0 Å². The maximum Gasteiger partial charge on any atom is 0.115 e. The molecule has 0 aliphatic heterocycles. The smallest absolute Gasteiger partial charge is 0.115 e. The Kier molecular flexibility index (Phi) is 3.45. The van der Waals surface area contributed by atoms with Crippen molar-refractivity contribution in [1.29, 1.82) is 0 Å². The minimum atomic E-state index is 0.000132. The van der Waals surface area contributed by atoms with Crippen LogP contribution in [0.1, 0.15) is 22.7 Å². The van der Waals surface area contributed by atoms with E-state index in [0.717, 1.165) is 17.5 Å². The summed E-state index contributed by atoms with van der Waals surface area (Å²) in [4.78, 5) is 0. The van der Waals surface area contributed by atoms with Gasteiger partial charge < -0.3 is 10.8 Å². The van der Waals surface area contributed by atoms with Gasteiger partial charge in [0.15, 0.2) is 0 Å². The predicted molar refractivity (Wildman–Crippen MR) is 69.9 cm³/mol. The molecule has 1 atom stereocenters. The fraction of sp³-hybridized carbons (Fsp3) is 0.200. The first-order chi connectivity index (χ1) is 8.15. The third-order valence-electron chi connectivity index (χ3n) is 2.90. The highest BCUT2D eigenvalue weighted by molar-refractivity contribution is 5.29. The zero-order chi connectivity index (χ0) is 12.3. The normalized spacial score (nSPS) is 12.4. The third-order valence-corrected chi connectivity index (χ3v) is 2.90. The van der Waals surface area contributed by atoms with Gasteiger partial charge in [0.1, 0.15) is 5.75 Å². The van der Waals surface area contributed by atoms with Gasteiger partial charge in [0.25, 0.3) is 0 Å². The van der Waals surface area contributed by atoms with Gasteiger partial charge >= 0.3 is 0 Å². The number of aryl methyl sites for hydroxylation is 1. The second-order valence-corrected chi connectivity index (χ2v) is 4.39. The summed E-state index contributed by atoms with van der Waals surface area (Å²) in [6, 6.07) is 15.5. The lowest BCUT2D eigenvalue weighted by atomic mass is 9.99. The van der Waals surface area contributed by atoms with E-state index in [9.17, 15) is 5.11 Å². The van der Waals surface area contributed by atoms with Gasteiger partial charge in [-0.25, -0.2) is 0 Å². The van der Waals surface area contributed by atoms with Crippen LogP contribution in [-0.2, 0) is 6.42 Å². The van der Waals surface area contributed by atoms with Crippen molar-refractivity contribution < 1.29 is 5.11 Å². The molecule has 2 heteroatoms. The molecule has 0 aromatic heterocycles. The minimum Gasteiger partial charge on any atom is -0.508 e. The Morgan fingerprint density at radius 2 is 1.59 bits per heavy atom. The first kappa shape index (κ1) is 11.7. The number of hydrogen-bond acceptors (Lipinski definition) is 2. The summed E-state index contributed by atoms with van der Waals surface area (Å²) in [6.45, 7) is 2.06. The van der Waals surface area contributed by atoms with Crippen LogP contribution >= 0.6 is 0 Å². The first-order valence-electron chi connectivity index (χ1n) is 5.75. The van der Waals surface area contributed by atoms with E-state index in [2.05, 4.69) is 31.2 Å². The molecule has 0 radical (unpaired) electrons. The van der Waals surface area contributed by atoms with Gasteiger partial charge in [-0.05, 0) is 36.6 Å². The molecule has 0 fully saturated rings. The maximum atomic E-state index is 9.21. The molecule has 2 rings (SSSR count). The Morgan fingerprint density at radius 1 is 1.00 bits per heavy atom. The highest BCUT2D eigenvalue weighted by Gasteiger charge is 2.06. The molecule has 0 saturated heterocycles. The minimum absolute atomic E-state index is 0.000132. The number of phenolic OH excluding ortho intramolecular Hbond substituents is 1. The fourth-order valence-electron chi connectivity index (χ4n) is 1.82. The number of phenols is 1. The summed E-state index contributed by atoms with van der Waals surface area (Å²) in [5.74, 6) is 0.289. The topological polar surface area (TPSA) is 46.2 Å². The molecular weight excluding hydrogens is 210 g/mol. The number of aromatic hydroxyl groups is 1. The molecular formula is C15H17NO. The van der Waals surface area contributed by atoms with Crippen molar-refractivity contribution in [2.75, 3.05) is 0 Å². The first-order valence-corrected chi connectivity index (χ1v) is 5.75. The molecule has 0 bridgehead atoms. The molecule has 88 valence electrons. The van der Waals surface area contributed by atoms with E-state index in [4.69, 9.17) is 5.73 Å². The Hall–Kier alpha value is -1.80. The van der Waals surface area contributed by atoms with Crippen LogP contribution in [0, 0.1) is 6.92 Å². The van der Waals surface area contributed by atoms with Gasteiger partial charge in [0.2, 0.25) is 0 Å². The van der Waals surface area contributed by atoms with Gasteiger partial charge in [-0.3, -0.25) is 0 Å². The number of nitrogens with two attached hydrogens (primary N) is 1. The Balaban J connectivity index is 2.08. The number of hydrogen-bond donors (Lipinski definition) is 2. The van der Waals surface area contributed by atoms with Gasteiger partial charge in [-0.2, -0.15) is 0 Å². The van der Waals surface area contributed by atoms with Crippen molar-refractivity contribution in [3.8, 4) is 5.75 Å². The maximum absolute atomic E-state index is 9.21. The lowest BCUT2D eigenvalue weighted by Crippen LogP contribution is -2.13. The molecule has 2 aromatic carbocycles. The highest BCUT2D eigenvalue weighted by atomic mass is 16.3. The standard InChI is InChI=1S/C15H17NO/c1-11-2-6-13(7-3-11)15(16)10-12-4-8-14(17)9-5-12/h2-9,15,17H,10,16H2,1H3/t15-/m1/s1. The summed E-state index contributed by atoms with van der Waals surface area (Å²) in [5, 5.41) is 9.21. The quantitative estimate of drug-likeness (QED) is 0.846. The van der Waals surface area contributed by atoms with Gasteiger partial charge in [0.05, 0.1) is 0 Å². The molecule has 0 aliphatic carbocycles. The summed E-state index contributed by atoms with van der Waals surface area (Å²) in [6.07, 6.45) is 0.781. The average molecular weight is 227 g/mol. The zero-order valence-corrected chi connectivity index (χ0v) is 9.93. The van der Waals surface area contributed by atoms with Crippen LogP contribution in [0.4, 0.5) is 0 Å². The molecule has 0 heterocycles. The van der Waals surface area contributed by atoms with Crippen LogP contribution in [0.25, 0.3) is 0 Å². The number of benzene rings is 2. The SMILES string of the molecule is Cc1ccc([C@H](N)Cc2ccc(O)cc2)cc1. The number of rotatable bonds is 3. The van der Waals surface area contributed by atoms with E-state index in [1.54, 1.807) is 12.1 Å². The lowest BCUT2D eigenvalue weighted by Gasteiger charge is -2.12. The molecule has 2 aromatic rings. The van der Waals surface area contributed by atoms with Crippen LogP contribution in [-0.4, -0.2) is 5.11 Å².